The van der Waals surface area contributed by atoms with Gasteiger partial charge in [0.05, 0.1) is 47.1 Å². The molecule has 117 heavy (non-hydrogen) atoms. The molecule has 17 rings (SSSR count). The summed E-state index contributed by atoms with van der Waals surface area (Å²) in [7, 11) is 5.94. The van der Waals surface area contributed by atoms with Crippen LogP contribution in [0.1, 0.15) is 117 Å². The van der Waals surface area contributed by atoms with Crippen molar-refractivity contribution in [2.75, 3.05) is 86.8 Å². The second-order valence-electron chi connectivity index (χ2n) is 29.7. The number of rotatable bonds is 22. The van der Waals surface area contributed by atoms with Crippen LogP contribution in [0.5, 0.6) is 11.8 Å². The van der Waals surface area contributed by atoms with Gasteiger partial charge in [-0.3, -0.25) is 34.6 Å². The van der Waals surface area contributed by atoms with E-state index >= 15 is 0 Å². The molecule has 13 N–H and O–H groups in total. The topological polar surface area (TPSA) is 403 Å². The fourth-order valence-electron chi connectivity index (χ4n) is 14.3. The molecule has 0 atom stereocenters. The van der Waals surface area contributed by atoms with Gasteiger partial charge in [-0.1, -0.05) is 108 Å². The van der Waals surface area contributed by atoms with Gasteiger partial charge in [-0.05, 0) is 163 Å². The Bertz CT molecular complexity index is 5910. The van der Waals surface area contributed by atoms with E-state index in [4.69, 9.17) is 36.5 Å². The molecule has 0 unspecified atom stereocenters. The summed E-state index contributed by atoms with van der Waals surface area (Å²) in [6.07, 6.45) is 7.06. The molecular weight excluding hydrogens is 1580 g/mol. The fourth-order valence-corrected chi connectivity index (χ4v) is 19.6. The standard InChI is InChI=1S/C34H32N8O5S2.C20H20N2O3S2.C17H19NO2S.C13H14N6O/c1-34(2)23-12-20(8-9-22(23)27-24(34)13-21(48-27)14-25-29(43)40-33(45)49-25)42(3)10-11-46-32(44)36-15-18-4-6-19(7-5-18)16-47-30-26-28(38-17-37-26)39-31(35)41-30;1-20(2)14-8-11(22(3)6-7-23)4-5-13(14)17-15(20)9-12(26-17)10-16-18(24)21-19(25)27-16;1-17(2)14-8-11(18(3)6-7-19)4-5-13(14)16-15(17)9-12(10-20)21-16;14-5-8-1-3-9(4-2-8)6-20-12-10-11(17-7-16-10)18-13(15)19-12/h4-9,12-14,17H,10-11,15-16H2,1-3H3,(H,36,44)(H,40,43,45)(H3,35,37,38,39,41);4-5,8-10,23H,6-7H2,1-3H3,(H,21,24,25);4-5,8-10,19H,6-7H2,1-3H3;1-4,7H,5-6,14H2,(H3,15,16,17,18,19)/b25-14-;16-10-;;. The van der Waals surface area contributed by atoms with Crippen molar-refractivity contribution in [1.82, 2.24) is 55.8 Å². The molecule has 5 amide bonds. The van der Waals surface area contributed by atoms with Gasteiger partial charge in [-0.25, -0.2) is 14.8 Å². The highest BCUT2D eigenvalue weighted by Crippen LogP contribution is 2.56. The average Bonchev–Trinajstić information content (AvgIpc) is 1.58. The first-order valence-corrected chi connectivity index (χ1v) is 41.3. The number of imide groups is 2. The summed E-state index contributed by atoms with van der Waals surface area (Å²) in [5.74, 6) is 0.273. The van der Waals surface area contributed by atoms with E-state index in [9.17, 15) is 33.9 Å². The van der Waals surface area contributed by atoms with Crippen molar-refractivity contribution in [3.8, 4) is 43.1 Å². The summed E-state index contributed by atoms with van der Waals surface area (Å²) >= 11 is 6.71. The van der Waals surface area contributed by atoms with Crippen LogP contribution in [0.15, 0.2) is 144 Å². The number of benzene rings is 5. The van der Waals surface area contributed by atoms with E-state index < -0.39 is 6.09 Å². The Balaban J connectivity index is 0.000000139. The molecular formula is C84H85N17O11S5. The molecule has 7 aromatic heterocycles. The average molecular weight is 1670 g/mol. The summed E-state index contributed by atoms with van der Waals surface area (Å²) in [6, 6.07) is 41.0. The molecule has 3 aliphatic carbocycles. The van der Waals surface area contributed by atoms with Crippen molar-refractivity contribution >= 4 is 156 Å². The van der Waals surface area contributed by atoms with Gasteiger partial charge in [-0.15, -0.1) is 34.0 Å². The number of alkyl carbamates (subject to hydrolysis) is 1. The predicted octanol–water partition coefficient (Wildman–Crippen LogP) is 13.6. The SMILES string of the molecule is CN(CCO)c1ccc2c(c1)C(C)(C)c1cc(/C=C3\SC(=O)NC3=O)sc1-2.CN(CCO)c1ccc2c(c1)C(C)(C)c1cc(C=O)sc1-2.CN(CCOC(=O)NCc1ccc(COc2nc(N)nc3nc[nH]c23)cc1)c1ccc2c(c1)C(C)(C)c1cc(/C=C3\SC(=O)NC3=O)sc1-2.NCc1ccc(COc2nc(N)nc3nc[nH]c23)cc1. The number of fused-ring (bicyclic) bond motifs is 11. The van der Waals surface area contributed by atoms with Gasteiger partial charge in [-0.2, -0.15) is 19.9 Å². The lowest BCUT2D eigenvalue weighted by molar-refractivity contribution is -0.116. The van der Waals surface area contributed by atoms with Crippen LogP contribution in [0.4, 0.5) is 43.3 Å². The third-order valence-electron chi connectivity index (χ3n) is 20.8. The number of nitrogens with zero attached hydrogens (tertiary/aromatic N) is 9. The first kappa shape index (κ1) is 81.7. The maximum Gasteiger partial charge on any atom is 0.407 e. The quantitative estimate of drug-likeness (QED) is 0.0222. The van der Waals surface area contributed by atoms with Crippen molar-refractivity contribution in [2.24, 2.45) is 5.73 Å². The third kappa shape index (κ3) is 17.4. The normalized spacial score (nSPS) is 15.2. The van der Waals surface area contributed by atoms with Crippen molar-refractivity contribution in [3.63, 3.8) is 0 Å². The molecule has 2 fully saturated rings. The van der Waals surface area contributed by atoms with Crippen LogP contribution in [-0.2, 0) is 56.9 Å². The first-order valence-electron chi connectivity index (χ1n) is 37.2. The van der Waals surface area contributed by atoms with E-state index in [1.807, 2.05) is 80.6 Å². The number of aliphatic hydroxyl groups is 2. The Morgan fingerprint density at radius 3 is 1.28 bits per heavy atom. The molecule has 9 heterocycles. The molecule has 28 nitrogen and oxygen atoms in total. The third-order valence-corrected chi connectivity index (χ3v) is 25.8. The highest BCUT2D eigenvalue weighted by atomic mass is 32.2. The number of aliphatic hydroxyl groups excluding tert-OH is 2. The number of aromatic amines is 2. The number of H-pyrrole nitrogens is 2. The minimum absolute atomic E-state index is 0.0848. The smallest absolute Gasteiger partial charge is 0.407 e. The second kappa shape index (κ2) is 34.2. The number of aromatic nitrogens is 8. The highest BCUT2D eigenvalue weighted by Gasteiger charge is 2.41. The summed E-state index contributed by atoms with van der Waals surface area (Å²) in [5.41, 5.74) is 36.8. The molecule has 0 spiro atoms. The molecule has 2 aliphatic heterocycles. The Labute approximate surface area is 693 Å². The summed E-state index contributed by atoms with van der Waals surface area (Å²) < 4.78 is 17.0. The molecule has 0 saturated carbocycles. The Hall–Kier alpha value is -11.8. The zero-order valence-electron chi connectivity index (χ0n) is 65.4. The van der Waals surface area contributed by atoms with E-state index in [-0.39, 0.29) is 76.9 Å². The van der Waals surface area contributed by atoms with E-state index in [0.29, 0.717) is 83.2 Å². The number of carbonyl (C=O) groups excluding carboxylic acids is 6. The molecule has 5 aromatic carbocycles. The number of nitrogen functional groups attached to an aromatic ring is 2. The van der Waals surface area contributed by atoms with E-state index in [1.54, 1.807) is 46.2 Å². The molecule has 12 aromatic rings. The van der Waals surface area contributed by atoms with Crippen molar-refractivity contribution in [1.29, 1.82) is 0 Å². The number of thiophene rings is 3. The first-order chi connectivity index (χ1) is 56.1. The number of likely N-dealkylation sites (N-methyl/N-ethyl adjacent to an activating group) is 3. The van der Waals surface area contributed by atoms with E-state index in [2.05, 4.69) is 174 Å². The number of hydrogen-bond donors (Lipinski definition) is 10. The number of amides is 5. The van der Waals surface area contributed by atoms with Crippen LogP contribution in [0, 0.1) is 0 Å². The lowest BCUT2D eigenvalue weighted by Crippen LogP contribution is -2.29. The van der Waals surface area contributed by atoms with Gasteiger partial charge in [0.15, 0.2) is 17.6 Å². The van der Waals surface area contributed by atoms with Gasteiger partial charge in [0.25, 0.3) is 22.3 Å². The molecule has 0 bridgehead atoms. The maximum atomic E-state index is 12.4. The van der Waals surface area contributed by atoms with E-state index in [0.717, 1.165) is 89.3 Å². The Kier molecular flexibility index (Phi) is 23.9. The van der Waals surface area contributed by atoms with Gasteiger partial charge in [0.1, 0.15) is 30.9 Å². The number of nitrogens with two attached hydrogens (primary N) is 3. The maximum absolute atomic E-state index is 12.4. The number of anilines is 5. The number of carbonyl (C=O) groups is 6. The Morgan fingerprint density at radius 2 is 0.897 bits per heavy atom. The molecule has 33 heteroatoms. The summed E-state index contributed by atoms with van der Waals surface area (Å²) in [4.78, 5) is 114. The monoisotopic (exact) mass is 1670 g/mol. The van der Waals surface area contributed by atoms with Crippen LogP contribution in [0.3, 0.4) is 0 Å². The van der Waals surface area contributed by atoms with Crippen LogP contribution >= 0.6 is 57.5 Å². The predicted molar refractivity (Wildman–Crippen MR) is 463 cm³/mol. The number of nitrogens with one attached hydrogen (secondary N) is 5. The Morgan fingerprint density at radius 1 is 0.513 bits per heavy atom. The van der Waals surface area contributed by atoms with Crippen LogP contribution in [-0.4, -0.2) is 145 Å². The summed E-state index contributed by atoms with van der Waals surface area (Å²) in [6.45, 7) is 16.9. The van der Waals surface area contributed by atoms with Gasteiger partial charge in [0, 0.05) is 105 Å². The number of hydrogen-bond acceptors (Lipinski definition) is 28. The van der Waals surface area contributed by atoms with Crippen LogP contribution in [0.2, 0.25) is 0 Å². The number of imidazole rings is 2. The number of aldehydes is 1. The van der Waals surface area contributed by atoms with Crippen molar-refractivity contribution < 1.29 is 53.2 Å². The summed E-state index contributed by atoms with van der Waals surface area (Å²) in [5, 5.41) is 25.0. The van der Waals surface area contributed by atoms with Gasteiger partial charge in [0.2, 0.25) is 23.7 Å². The molecule has 602 valence electrons. The molecule has 0 radical (unpaired) electrons. The zero-order valence-corrected chi connectivity index (χ0v) is 69.5. The second-order valence-corrected chi connectivity index (χ2v) is 34.9. The van der Waals surface area contributed by atoms with Crippen molar-refractivity contribution in [2.45, 2.75) is 84.1 Å². The van der Waals surface area contributed by atoms with E-state index in [1.165, 1.54) is 71.8 Å². The number of ether oxygens (including phenoxy) is 3. The fraction of sp³-hybridized carbons (Fsp3) is 0.262. The molecule has 5 aliphatic rings. The lowest BCUT2D eigenvalue weighted by Gasteiger charge is -2.24. The van der Waals surface area contributed by atoms with Gasteiger partial charge >= 0.3 is 6.09 Å². The minimum Gasteiger partial charge on any atom is -0.471 e. The van der Waals surface area contributed by atoms with Crippen molar-refractivity contribution in [3.05, 3.63) is 214 Å². The minimum atomic E-state index is -0.492. The molecule has 2 saturated heterocycles. The van der Waals surface area contributed by atoms with Crippen LogP contribution < -0.4 is 57.3 Å². The highest BCUT2D eigenvalue weighted by molar-refractivity contribution is 8.18. The largest absolute Gasteiger partial charge is 0.471 e. The van der Waals surface area contributed by atoms with Gasteiger partial charge < -0.3 is 71.6 Å². The lowest BCUT2D eigenvalue weighted by atomic mass is 9.82. The number of thioether (sulfide) groups is 2. The van der Waals surface area contributed by atoms with Crippen LogP contribution in [0.25, 0.3) is 65.8 Å². The zero-order chi connectivity index (χ0) is 82.8.